The molecule has 0 bridgehead atoms. The van der Waals surface area contributed by atoms with E-state index in [2.05, 4.69) is 5.32 Å². The molecule has 0 radical (unpaired) electrons. The van der Waals surface area contributed by atoms with Crippen LogP contribution in [0.4, 0.5) is 5.69 Å². The smallest absolute Gasteiger partial charge is 0.265 e. The van der Waals surface area contributed by atoms with E-state index in [-0.39, 0.29) is 5.91 Å². The van der Waals surface area contributed by atoms with Crippen LogP contribution in [0.15, 0.2) is 36.4 Å². The lowest BCUT2D eigenvalue weighted by atomic mass is 10.2. The minimum atomic E-state index is -0.741. The van der Waals surface area contributed by atoms with Crippen molar-refractivity contribution < 1.29 is 9.53 Å². The van der Waals surface area contributed by atoms with Crippen molar-refractivity contribution in [2.45, 2.75) is 20.0 Å². The number of halogens is 3. The van der Waals surface area contributed by atoms with E-state index in [0.717, 1.165) is 5.56 Å². The lowest BCUT2D eigenvalue weighted by Gasteiger charge is -2.16. The normalized spacial score (nSPS) is 11.9. The summed E-state index contributed by atoms with van der Waals surface area (Å²) in [5.41, 5.74) is 1.76. The fraction of sp³-hybridized carbons (Fsp3) is 0.188. The third-order valence-corrected chi connectivity index (χ3v) is 3.95. The van der Waals surface area contributed by atoms with E-state index in [4.69, 9.17) is 39.5 Å². The summed E-state index contributed by atoms with van der Waals surface area (Å²) >= 11 is 17.8. The van der Waals surface area contributed by atoms with E-state index >= 15 is 0 Å². The van der Waals surface area contributed by atoms with Crippen LogP contribution in [0.2, 0.25) is 15.1 Å². The fourth-order valence-electron chi connectivity index (χ4n) is 1.81. The van der Waals surface area contributed by atoms with Gasteiger partial charge in [-0.15, -0.1) is 0 Å². The van der Waals surface area contributed by atoms with Gasteiger partial charge in [0, 0.05) is 11.8 Å². The van der Waals surface area contributed by atoms with Crippen molar-refractivity contribution in [2.24, 2.45) is 0 Å². The van der Waals surface area contributed by atoms with Gasteiger partial charge in [0.25, 0.3) is 5.91 Å². The van der Waals surface area contributed by atoms with Crippen LogP contribution in [0.5, 0.6) is 5.75 Å². The lowest BCUT2D eigenvalue weighted by Crippen LogP contribution is -2.30. The van der Waals surface area contributed by atoms with Crippen molar-refractivity contribution in [1.29, 1.82) is 0 Å². The van der Waals surface area contributed by atoms with Crippen LogP contribution in [0.25, 0.3) is 0 Å². The van der Waals surface area contributed by atoms with Crippen molar-refractivity contribution in [3.63, 3.8) is 0 Å². The molecule has 0 fully saturated rings. The van der Waals surface area contributed by atoms with Crippen LogP contribution in [0, 0.1) is 6.92 Å². The molecule has 0 spiro atoms. The van der Waals surface area contributed by atoms with E-state index in [9.17, 15) is 4.79 Å². The first kappa shape index (κ1) is 16.9. The van der Waals surface area contributed by atoms with Gasteiger partial charge in [0.15, 0.2) is 6.10 Å². The number of rotatable bonds is 4. The first-order valence-electron chi connectivity index (χ1n) is 6.55. The minimum Gasteiger partial charge on any atom is -0.479 e. The number of amides is 1. The average molecular weight is 359 g/mol. The maximum atomic E-state index is 12.2. The molecule has 1 N–H and O–H groups in total. The molecule has 0 saturated carbocycles. The van der Waals surface area contributed by atoms with Gasteiger partial charge < -0.3 is 10.1 Å². The summed E-state index contributed by atoms with van der Waals surface area (Å²) in [5.74, 6) is 0.0238. The molecule has 116 valence electrons. The zero-order chi connectivity index (χ0) is 16.3. The van der Waals surface area contributed by atoms with E-state index in [1.807, 2.05) is 31.2 Å². The van der Waals surface area contributed by atoms with Gasteiger partial charge in [-0.25, -0.2) is 0 Å². The Morgan fingerprint density at radius 1 is 1.09 bits per heavy atom. The van der Waals surface area contributed by atoms with Gasteiger partial charge in [-0.2, -0.15) is 0 Å². The molecule has 2 rings (SSSR count). The van der Waals surface area contributed by atoms with Crippen LogP contribution < -0.4 is 10.1 Å². The van der Waals surface area contributed by atoms with Gasteiger partial charge >= 0.3 is 0 Å². The van der Waals surface area contributed by atoms with E-state index < -0.39 is 6.10 Å². The predicted octanol–water partition coefficient (Wildman–Crippen LogP) is 5.36. The summed E-state index contributed by atoms with van der Waals surface area (Å²) in [5, 5.41) is 3.72. The maximum absolute atomic E-state index is 12.2. The van der Waals surface area contributed by atoms with Crippen molar-refractivity contribution >= 4 is 46.4 Å². The highest BCUT2D eigenvalue weighted by atomic mass is 35.5. The quantitative estimate of drug-likeness (QED) is 0.747. The van der Waals surface area contributed by atoms with Gasteiger partial charge in [0.05, 0.1) is 15.1 Å². The molecule has 2 aromatic rings. The fourth-order valence-corrected chi connectivity index (χ4v) is 2.39. The summed E-state index contributed by atoms with van der Waals surface area (Å²) in [6.07, 6.45) is -0.741. The number of aryl methyl sites for hydroxylation is 1. The molecule has 0 saturated heterocycles. The highest BCUT2D eigenvalue weighted by molar-refractivity contribution is 6.43. The van der Waals surface area contributed by atoms with Crippen molar-refractivity contribution in [3.05, 3.63) is 57.0 Å². The monoisotopic (exact) mass is 357 g/mol. The molecule has 2 aromatic carbocycles. The molecule has 0 heterocycles. The summed E-state index contributed by atoms with van der Waals surface area (Å²) in [7, 11) is 0. The standard InChI is InChI=1S/C16H14Cl3NO2/c1-9-4-3-5-11(6-9)20-16(21)10(2)22-15-8-13(18)12(17)7-14(15)19/h3-8,10H,1-2H3,(H,20,21)/t10-/m1/s1. The molecule has 22 heavy (non-hydrogen) atoms. The van der Waals surface area contributed by atoms with Crippen molar-refractivity contribution in [1.82, 2.24) is 0 Å². The van der Waals surface area contributed by atoms with E-state index in [0.29, 0.717) is 26.5 Å². The highest BCUT2D eigenvalue weighted by Gasteiger charge is 2.17. The number of anilines is 1. The second kappa shape index (κ2) is 7.23. The topological polar surface area (TPSA) is 38.3 Å². The van der Waals surface area contributed by atoms with Gasteiger partial charge in [0.2, 0.25) is 0 Å². The zero-order valence-corrected chi connectivity index (χ0v) is 14.3. The maximum Gasteiger partial charge on any atom is 0.265 e. The SMILES string of the molecule is Cc1cccc(NC(=O)[C@@H](C)Oc2cc(Cl)c(Cl)cc2Cl)c1. The van der Waals surface area contributed by atoms with Gasteiger partial charge in [-0.1, -0.05) is 46.9 Å². The number of benzene rings is 2. The Kier molecular flexibility index (Phi) is 5.57. The second-order valence-corrected chi connectivity index (χ2v) is 6.04. The largest absolute Gasteiger partial charge is 0.479 e. The molecule has 0 aromatic heterocycles. The molecular formula is C16H14Cl3NO2. The Morgan fingerprint density at radius 3 is 2.45 bits per heavy atom. The lowest BCUT2D eigenvalue weighted by molar-refractivity contribution is -0.122. The van der Waals surface area contributed by atoms with Gasteiger partial charge in [-0.3, -0.25) is 4.79 Å². The Hall–Kier alpha value is -1.42. The van der Waals surface area contributed by atoms with Crippen molar-refractivity contribution in [2.75, 3.05) is 5.32 Å². The Morgan fingerprint density at radius 2 is 1.77 bits per heavy atom. The van der Waals surface area contributed by atoms with E-state index in [1.54, 1.807) is 6.92 Å². The third-order valence-electron chi connectivity index (χ3n) is 2.93. The summed E-state index contributed by atoms with van der Waals surface area (Å²) in [6.45, 7) is 3.58. The summed E-state index contributed by atoms with van der Waals surface area (Å²) in [6, 6.07) is 10.5. The zero-order valence-electron chi connectivity index (χ0n) is 12.0. The Bertz CT molecular complexity index is 704. The molecule has 0 aliphatic rings. The molecule has 0 unspecified atom stereocenters. The number of hydrogen-bond donors (Lipinski definition) is 1. The Balaban J connectivity index is 2.07. The first-order chi connectivity index (χ1) is 10.4. The van der Waals surface area contributed by atoms with Crippen molar-refractivity contribution in [3.8, 4) is 5.75 Å². The van der Waals surface area contributed by atoms with Crippen LogP contribution in [0.1, 0.15) is 12.5 Å². The number of hydrogen-bond acceptors (Lipinski definition) is 2. The average Bonchev–Trinajstić information content (AvgIpc) is 2.44. The molecular weight excluding hydrogens is 345 g/mol. The minimum absolute atomic E-state index is 0.285. The van der Waals surface area contributed by atoms with Gasteiger partial charge in [-0.05, 0) is 37.6 Å². The van der Waals surface area contributed by atoms with Crippen LogP contribution >= 0.6 is 34.8 Å². The summed E-state index contributed by atoms with van der Waals surface area (Å²) in [4.78, 5) is 12.2. The van der Waals surface area contributed by atoms with E-state index in [1.165, 1.54) is 12.1 Å². The molecule has 3 nitrogen and oxygen atoms in total. The number of nitrogens with one attached hydrogen (secondary N) is 1. The number of ether oxygens (including phenoxy) is 1. The van der Waals surface area contributed by atoms with Crippen LogP contribution in [0.3, 0.4) is 0 Å². The highest BCUT2D eigenvalue weighted by Crippen LogP contribution is 2.34. The third kappa shape index (κ3) is 4.29. The summed E-state index contributed by atoms with van der Waals surface area (Å²) < 4.78 is 5.56. The Labute approximate surface area is 144 Å². The molecule has 0 aliphatic carbocycles. The second-order valence-electron chi connectivity index (χ2n) is 4.82. The molecule has 6 heteroatoms. The predicted molar refractivity (Wildman–Crippen MR) is 91.4 cm³/mol. The number of carbonyl (C=O) groups excluding carboxylic acids is 1. The first-order valence-corrected chi connectivity index (χ1v) is 7.69. The van der Waals surface area contributed by atoms with Gasteiger partial charge in [0.1, 0.15) is 5.75 Å². The number of carbonyl (C=O) groups is 1. The van der Waals surface area contributed by atoms with Crippen LogP contribution in [-0.4, -0.2) is 12.0 Å². The molecule has 1 atom stereocenters. The molecule has 1 amide bonds. The van der Waals surface area contributed by atoms with Crippen LogP contribution in [-0.2, 0) is 4.79 Å². The molecule has 0 aliphatic heterocycles.